The van der Waals surface area contributed by atoms with Crippen LogP contribution in [0.25, 0.3) is 0 Å². The second kappa shape index (κ2) is 9.99. The molecule has 0 radical (unpaired) electrons. The number of hydrogen-bond acceptors (Lipinski definition) is 2. The van der Waals surface area contributed by atoms with Crippen LogP contribution in [-0.4, -0.2) is 17.7 Å². The molecule has 3 atom stereocenters. The number of rotatable bonds is 10. The Hall–Kier alpha value is -0.860. The summed E-state index contributed by atoms with van der Waals surface area (Å²) in [7, 11) is 0. The van der Waals surface area contributed by atoms with Gasteiger partial charge in [-0.05, 0) is 31.6 Å². The standard InChI is InChI=1S/C16H31NO2/c1-6-12(3)16(17-15(19)7-2)13(4)10-8-9-11-14(5)18/h12-13,16H,6-11H2,1-5H3,(H,17,19)/t12?,13-,16?/m0/s1. The van der Waals surface area contributed by atoms with E-state index in [1.165, 1.54) is 0 Å². The highest BCUT2D eigenvalue weighted by Crippen LogP contribution is 2.21. The fourth-order valence-electron chi connectivity index (χ4n) is 2.41. The fourth-order valence-corrected chi connectivity index (χ4v) is 2.41. The summed E-state index contributed by atoms with van der Waals surface area (Å²) < 4.78 is 0. The van der Waals surface area contributed by atoms with Gasteiger partial charge in [0.1, 0.15) is 5.78 Å². The SMILES string of the molecule is CCC(=O)NC(C(C)CC)[C@@H](C)CCCCC(C)=O. The predicted octanol–water partition coefficient (Wildman–Crippen LogP) is 3.71. The second-order valence-electron chi connectivity index (χ2n) is 5.76. The normalized spacial score (nSPS) is 15.6. The molecule has 112 valence electrons. The summed E-state index contributed by atoms with van der Waals surface area (Å²) in [4.78, 5) is 22.5. The number of ketones is 1. The van der Waals surface area contributed by atoms with E-state index in [9.17, 15) is 9.59 Å². The molecule has 3 heteroatoms. The first kappa shape index (κ1) is 18.1. The molecule has 1 amide bonds. The molecule has 0 saturated carbocycles. The molecule has 0 aliphatic heterocycles. The van der Waals surface area contributed by atoms with E-state index in [0.717, 1.165) is 25.7 Å². The highest BCUT2D eigenvalue weighted by molar-refractivity contribution is 5.76. The zero-order chi connectivity index (χ0) is 14.8. The van der Waals surface area contributed by atoms with Crippen molar-refractivity contribution < 1.29 is 9.59 Å². The van der Waals surface area contributed by atoms with Gasteiger partial charge in [0.15, 0.2) is 0 Å². The average molecular weight is 269 g/mol. The molecule has 0 rings (SSSR count). The van der Waals surface area contributed by atoms with E-state index in [4.69, 9.17) is 0 Å². The maximum Gasteiger partial charge on any atom is 0.219 e. The molecule has 0 aliphatic rings. The van der Waals surface area contributed by atoms with Crippen LogP contribution in [0.3, 0.4) is 0 Å². The van der Waals surface area contributed by atoms with Gasteiger partial charge in [0, 0.05) is 18.9 Å². The molecule has 3 nitrogen and oxygen atoms in total. The molecule has 0 heterocycles. The molecule has 0 fully saturated rings. The van der Waals surface area contributed by atoms with E-state index in [1.807, 2.05) is 6.92 Å². The van der Waals surface area contributed by atoms with Gasteiger partial charge in [-0.25, -0.2) is 0 Å². The monoisotopic (exact) mass is 269 g/mol. The largest absolute Gasteiger partial charge is 0.353 e. The molecule has 0 aromatic rings. The van der Waals surface area contributed by atoms with Crippen LogP contribution in [0.1, 0.15) is 73.1 Å². The topological polar surface area (TPSA) is 46.2 Å². The molecular weight excluding hydrogens is 238 g/mol. The number of unbranched alkanes of at least 4 members (excludes halogenated alkanes) is 1. The Balaban J connectivity index is 4.25. The van der Waals surface area contributed by atoms with E-state index >= 15 is 0 Å². The van der Waals surface area contributed by atoms with Crippen LogP contribution in [0.2, 0.25) is 0 Å². The first-order valence-corrected chi connectivity index (χ1v) is 7.71. The Bertz CT molecular complexity index is 276. The van der Waals surface area contributed by atoms with Gasteiger partial charge in [0.2, 0.25) is 5.91 Å². The summed E-state index contributed by atoms with van der Waals surface area (Å²) >= 11 is 0. The molecule has 0 aliphatic carbocycles. The van der Waals surface area contributed by atoms with Crippen LogP contribution < -0.4 is 5.32 Å². The van der Waals surface area contributed by atoms with Crippen molar-refractivity contribution in [3.05, 3.63) is 0 Å². The highest BCUT2D eigenvalue weighted by atomic mass is 16.1. The maximum atomic E-state index is 11.6. The first-order chi connectivity index (χ1) is 8.92. The van der Waals surface area contributed by atoms with Crippen LogP contribution in [0.4, 0.5) is 0 Å². The minimum Gasteiger partial charge on any atom is -0.353 e. The summed E-state index contributed by atoms with van der Waals surface area (Å²) in [6.45, 7) is 10.1. The fraction of sp³-hybridized carbons (Fsp3) is 0.875. The Labute approximate surface area is 118 Å². The highest BCUT2D eigenvalue weighted by Gasteiger charge is 2.23. The van der Waals surface area contributed by atoms with Gasteiger partial charge in [-0.15, -0.1) is 0 Å². The number of carbonyl (C=O) groups excluding carboxylic acids is 2. The summed E-state index contributed by atoms with van der Waals surface area (Å²) in [5.41, 5.74) is 0. The Kier molecular flexibility index (Phi) is 9.54. The third-order valence-electron chi connectivity index (χ3n) is 3.96. The smallest absolute Gasteiger partial charge is 0.219 e. The van der Waals surface area contributed by atoms with Crippen LogP contribution in [0, 0.1) is 11.8 Å². The zero-order valence-corrected chi connectivity index (χ0v) is 13.3. The van der Waals surface area contributed by atoms with Crippen molar-refractivity contribution in [2.24, 2.45) is 11.8 Å². The van der Waals surface area contributed by atoms with Gasteiger partial charge in [-0.3, -0.25) is 4.79 Å². The van der Waals surface area contributed by atoms with Crippen molar-refractivity contribution in [2.75, 3.05) is 0 Å². The molecule has 19 heavy (non-hydrogen) atoms. The molecular formula is C16H31NO2. The van der Waals surface area contributed by atoms with Gasteiger partial charge in [-0.1, -0.05) is 40.5 Å². The maximum absolute atomic E-state index is 11.6. The van der Waals surface area contributed by atoms with Gasteiger partial charge >= 0.3 is 0 Å². The van der Waals surface area contributed by atoms with E-state index in [0.29, 0.717) is 24.7 Å². The van der Waals surface area contributed by atoms with Crippen LogP contribution in [0.15, 0.2) is 0 Å². The Morgan fingerprint density at radius 2 is 1.68 bits per heavy atom. The van der Waals surface area contributed by atoms with Crippen LogP contribution in [0.5, 0.6) is 0 Å². The molecule has 0 saturated heterocycles. The number of carbonyl (C=O) groups is 2. The van der Waals surface area contributed by atoms with E-state index in [1.54, 1.807) is 6.92 Å². The molecule has 0 aromatic heterocycles. The number of hydrogen-bond donors (Lipinski definition) is 1. The molecule has 2 unspecified atom stereocenters. The lowest BCUT2D eigenvalue weighted by atomic mass is 9.85. The van der Waals surface area contributed by atoms with E-state index in [-0.39, 0.29) is 17.7 Å². The van der Waals surface area contributed by atoms with Gasteiger partial charge in [0.05, 0.1) is 0 Å². The second-order valence-corrected chi connectivity index (χ2v) is 5.76. The summed E-state index contributed by atoms with van der Waals surface area (Å²) in [6, 6.07) is 0.259. The zero-order valence-electron chi connectivity index (χ0n) is 13.3. The van der Waals surface area contributed by atoms with Crippen molar-refractivity contribution in [1.29, 1.82) is 0 Å². The minimum atomic E-state index is 0.140. The molecule has 0 spiro atoms. The third-order valence-corrected chi connectivity index (χ3v) is 3.96. The Morgan fingerprint density at radius 1 is 1.05 bits per heavy atom. The summed E-state index contributed by atoms with van der Waals surface area (Å²) in [6.07, 6.45) is 5.41. The van der Waals surface area contributed by atoms with Gasteiger partial charge in [0.25, 0.3) is 0 Å². The summed E-state index contributed by atoms with van der Waals surface area (Å²) in [5.74, 6) is 1.38. The summed E-state index contributed by atoms with van der Waals surface area (Å²) in [5, 5.41) is 3.16. The van der Waals surface area contributed by atoms with E-state index < -0.39 is 0 Å². The van der Waals surface area contributed by atoms with Crippen molar-refractivity contribution in [2.45, 2.75) is 79.2 Å². The van der Waals surface area contributed by atoms with E-state index in [2.05, 4.69) is 26.1 Å². The number of Topliss-reactive ketones (excluding diaryl/α,β-unsaturated/α-hetero) is 1. The molecule has 0 aromatic carbocycles. The molecule has 1 N–H and O–H groups in total. The average Bonchev–Trinajstić information content (AvgIpc) is 2.39. The number of amides is 1. The lowest BCUT2D eigenvalue weighted by Gasteiger charge is -2.30. The van der Waals surface area contributed by atoms with Crippen LogP contribution in [-0.2, 0) is 9.59 Å². The Morgan fingerprint density at radius 3 is 2.16 bits per heavy atom. The van der Waals surface area contributed by atoms with Gasteiger partial charge < -0.3 is 10.1 Å². The first-order valence-electron chi connectivity index (χ1n) is 7.71. The third kappa shape index (κ3) is 8.02. The molecule has 0 bridgehead atoms. The van der Waals surface area contributed by atoms with Crippen molar-refractivity contribution in [3.63, 3.8) is 0 Å². The number of nitrogens with one attached hydrogen (secondary N) is 1. The lowest BCUT2D eigenvalue weighted by Crippen LogP contribution is -2.43. The lowest BCUT2D eigenvalue weighted by molar-refractivity contribution is -0.122. The predicted molar refractivity (Wildman–Crippen MR) is 80.0 cm³/mol. The van der Waals surface area contributed by atoms with Crippen molar-refractivity contribution >= 4 is 11.7 Å². The van der Waals surface area contributed by atoms with Crippen LogP contribution >= 0.6 is 0 Å². The van der Waals surface area contributed by atoms with Crippen molar-refractivity contribution in [1.82, 2.24) is 5.32 Å². The quantitative estimate of drug-likeness (QED) is 0.614. The minimum absolute atomic E-state index is 0.140. The van der Waals surface area contributed by atoms with Gasteiger partial charge in [-0.2, -0.15) is 0 Å². The van der Waals surface area contributed by atoms with Crippen molar-refractivity contribution in [3.8, 4) is 0 Å².